The van der Waals surface area contributed by atoms with Crippen molar-refractivity contribution in [3.05, 3.63) is 12.2 Å². The summed E-state index contributed by atoms with van der Waals surface area (Å²) >= 11 is 0. The summed E-state index contributed by atoms with van der Waals surface area (Å²) in [5.74, 6) is -0.611. The predicted molar refractivity (Wildman–Crippen MR) is 260 cm³/mol. The summed E-state index contributed by atoms with van der Waals surface area (Å²) in [6, 6.07) is -0.975. The van der Waals surface area contributed by atoms with E-state index >= 15 is 0 Å². The fraction of sp³-hybridized carbons (Fsp3) is 0.943. The molecule has 1 saturated heterocycles. The van der Waals surface area contributed by atoms with E-state index in [9.17, 15) is 35.4 Å². The topological polar surface area (TPSA) is 169 Å². The van der Waals surface area contributed by atoms with Crippen molar-refractivity contribution in [3.8, 4) is 0 Å². The van der Waals surface area contributed by atoms with E-state index in [4.69, 9.17) is 9.47 Å². The molecular formula is C53H103NO9. The third-order valence-corrected chi connectivity index (χ3v) is 13.2. The number of rotatable bonds is 46. The number of carbonyl (C=O) groups excluding carboxylic acids is 1. The van der Waals surface area contributed by atoms with Gasteiger partial charge in [-0.1, -0.05) is 251 Å². The number of aliphatic hydroxyl groups excluding tert-OH is 6. The lowest BCUT2D eigenvalue weighted by molar-refractivity contribution is -0.302. The summed E-state index contributed by atoms with van der Waals surface area (Å²) in [6.45, 7) is 3.64. The SMILES string of the molecule is CCCCCCCCCCCCCCCCC/C=C/C(O)C(COC1OC(CO)C(O)C(O)C1O)NC(=O)C(O)CCCCCCCCCCCCCCCCCCCCCCC. The van der Waals surface area contributed by atoms with E-state index in [1.165, 1.54) is 193 Å². The Labute approximate surface area is 387 Å². The molecule has 63 heavy (non-hydrogen) atoms. The minimum atomic E-state index is -1.61. The third-order valence-electron chi connectivity index (χ3n) is 13.2. The maximum absolute atomic E-state index is 13.1. The monoisotopic (exact) mass is 898 g/mol. The second kappa shape index (κ2) is 43.5. The Hall–Kier alpha value is -1.11. The van der Waals surface area contributed by atoms with Crippen LogP contribution in [0.15, 0.2) is 12.2 Å². The maximum Gasteiger partial charge on any atom is 0.249 e. The van der Waals surface area contributed by atoms with Crippen LogP contribution in [0.4, 0.5) is 0 Å². The van der Waals surface area contributed by atoms with Gasteiger partial charge < -0.3 is 45.4 Å². The molecule has 10 nitrogen and oxygen atoms in total. The molecule has 7 N–H and O–H groups in total. The van der Waals surface area contributed by atoms with Crippen molar-refractivity contribution in [1.82, 2.24) is 5.32 Å². The molecule has 1 aliphatic rings. The van der Waals surface area contributed by atoms with Gasteiger partial charge in [-0.15, -0.1) is 0 Å². The highest BCUT2D eigenvalue weighted by Crippen LogP contribution is 2.23. The fourth-order valence-corrected chi connectivity index (χ4v) is 8.81. The molecule has 1 amide bonds. The van der Waals surface area contributed by atoms with Gasteiger partial charge in [0.1, 0.15) is 30.5 Å². The number of hydrogen-bond donors (Lipinski definition) is 7. The molecule has 0 saturated carbocycles. The van der Waals surface area contributed by atoms with Crippen molar-refractivity contribution in [2.24, 2.45) is 0 Å². The largest absolute Gasteiger partial charge is 0.394 e. The molecule has 1 heterocycles. The Bertz CT molecular complexity index is 1010. The van der Waals surface area contributed by atoms with Crippen LogP contribution in [0.25, 0.3) is 0 Å². The van der Waals surface area contributed by atoms with Crippen LogP contribution in [0.5, 0.6) is 0 Å². The second-order valence-electron chi connectivity index (χ2n) is 19.2. The van der Waals surface area contributed by atoms with Gasteiger partial charge in [-0.05, 0) is 19.3 Å². The zero-order chi connectivity index (χ0) is 46.0. The fourth-order valence-electron chi connectivity index (χ4n) is 8.81. The van der Waals surface area contributed by atoms with Crippen molar-refractivity contribution in [3.63, 3.8) is 0 Å². The highest BCUT2D eigenvalue weighted by Gasteiger charge is 2.44. The van der Waals surface area contributed by atoms with E-state index in [2.05, 4.69) is 19.2 Å². The molecule has 0 aromatic rings. The molecule has 0 aromatic carbocycles. The first-order valence-corrected chi connectivity index (χ1v) is 27.0. The maximum atomic E-state index is 13.1. The van der Waals surface area contributed by atoms with E-state index in [0.29, 0.717) is 6.42 Å². The summed E-state index contributed by atoms with van der Waals surface area (Å²) < 4.78 is 11.2. The zero-order valence-corrected chi connectivity index (χ0v) is 41.0. The first-order valence-electron chi connectivity index (χ1n) is 27.0. The molecular weight excluding hydrogens is 795 g/mol. The van der Waals surface area contributed by atoms with Gasteiger partial charge in [-0.25, -0.2) is 0 Å². The lowest BCUT2D eigenvalue weighted by Gasteiger charge is -2.40. The van der Waals surface area contributed by atoms with Crippen LogP contribution in [0, 0.1) is 0 Å². The van der Waals surface area contributed by atoms with Crippen molar-refractivity contribution in [2.45, 2.75) is 307 Å². The van der Waals surface area contributed by atoms with Crippen molar-refractivity contribution < 1.29 is 44.9 Å². The summed E-state index contributed by atoms with van der Waals surface area (Å²) in [4.78, 5) is 13.1. The van der Waals surface area contributed by atoms with E-state index in [1.54, 1.807) is 6.08 Å². The van der Waals surface area contributed by atoms with Crippen LogP contribution in [0.1, 0.15) is 258 Å². The van der Waals surface area contributed by atoms with Gasteiger partial charge in [-0.3, -0.25) is 4.79 Å². The summed E-state index contributed by atoms with van der Waals surface area (Å²) in [5.41, 5.74) is 0. The van der Waals surface area contributed by atoms with Gasteiger partial charge in [0.2, 0.25) is 5.91 Å². The third kappa shape index (κ3) is 33.1. The number of allylic oxidation sites excluding steroid dienone is 1. The van der Waals surface area contributed by atoms with E-state index in [0.717, 1.165) is 44.9 Å². The zero-order valence-electron chi connectivity index (χ0n) is 41.0. The summed E-state index contributed by atoms with van der Waals surface area (Å²) in [5, 5.41) is 64.9. The average molecular weight is 898 g/mol. The molecule has 0 aromatic heterocycles. The normalized spacial score (nSPS) is 20.7. The molecule has 0 aliphatic carbocycles. The van der Waals surface area contributed by atoms with Crippen LogP contribution in [0.3, 0.4) is 0 Å². The highest BCUT2D eigenvalue weighted by atomic mass is 16.7. The molecule has 0 radical (unpaired) electrons. The molecule has 1 rings (SSSR count). The van der Waals surface area contributed by atoms with E-state index in [1.807, 2.05) is 6.08 Å². The number of carbonyl (C=O) groups is 1. The lowest BCUT2D eigenvalue weighted by Crippen LogP contribution is -2.60. The summed E-state index contributed by atoms with van der Waals surface area (Å²) in [6.07, 6.45) is 41.6. The average Bonchev–Trinajstić information content (AvgIpc) is 3.28. The predicted octanol–water partition coefficient (Wildman–Crippen LogP) is 11.4. The Morgan fingerprint density at radius 3 is 1.29 bits per heavy atom. The van der Waals surface area contributed by atoms with Gasteiger partial charge in [0.25, 0.3) is 0 Å². The van der Waals surface area contributed by atoms with Gasteiger partial charge in [0.05, 0.1) is 25.4 Å². The quantitative estimate of drug-likeness (QED) is 0.0232. The molecule has 1 aliphatic heterocycles. The standard InChI is InChI=1S/C53H103NO9/c1-3-5-7-9-11-13-15-17-19-21-22-23-24-26-28-30-32-34-36-38-40-42-47(57)52(61)54-45(44-62-53-51(60)50(59)49(58)48(43-55)63-53)46(56)41-39-37-35-33-31-29-27-25-20-18-16-14-12-10-8-6-4-2/h39,41,45-51,53,55-60H,3-38,40,42-44H2,1-2H3,(H,54,61)/b41-39+. The second-order valence-corrected chi connectivity index (χ2v) is 19.2. The van der Waals surface area contributed by atoms with Crippen LogP contribution in [-0.4, -0.2) is 98.7 Å². The van der Waals surface area contributed by atoms with Crippen LogP contribution in [-0.2, 0) is 14.3 Å². The Balaban J connectivity index is 2.31. The van der Waals surface area contributed by atoms with Crippen molar-refractivity contribution >= 4 is 5.91 Å². The minimum Gasteiger partial charge on any atom is -0.394 e. The van der Waals surface area contributed by atoms with Crippen molar-refractivity contribution in [2.75, 3.05) is 13.2 Å². The molecule has 374 valence electrons. The van der Waals surface area contributed by atoms with Crippen LogP contribution < -0.4 is 5.32 Å². The van der Waals surface area contributed by atoms with Gasteiger partial charge in [0.15, 0.2) is 6.29 Å². The number of ether oxygens (including phenoxy) is 2. The molecule has 1 fully saturated rings. The molecule has 8 atom stereocenters. The Morgan fingerprint density at radius 1 is 0.540 bits per heavy atom. The van der Waals surface area contributed by atoms with Gasteiger partial charge in [-0.2, -0.15) is 0 Å². The molecule has 10 heteroatoms. The number of hydrogen-bond acceptors (Lipinski definition) is 9. The first-order chi connectivity index (χ1) is 30.8. The molecule has 8 unspecified atom stereocenters. The Kier molecular flexibility index (Phi) is 41.3. The lowest BCUT2D eigenvalue weighted by atomic mass is 9.99. The summed E-state index contributed by atoms with van der Waals surface area (Å²) in [7, 11) is 0. The van der Waals surface area contributed by atoms with Crippen LogP contribution in [0.2, 0.25) is 0 Å². The minimum absolute atomic E-state index is 0.301. The van der Waals surface area contributed by atoms with Crippen molar-refractivity contribution in [1.29, 1.82) is 0 Å². The number of aliphatic hydroxyl groups is 6. The van der Waals surface area contributed by atoms with Gasteiger partial charge >= 0.3 is 0 Å². The van der Waals surface area contributed by atoms with Gasteiger partial charge in [0, 0.05) is 0 Å². The Morgan fingerprint density at radius 2 is 0.905 bits per heavy atom. The smallest absolute Gasteiger partial charge is 0.249 e. The number of nitrogens with one attached hydrogen (secondary N) is 1. The van der Waals surface area contributed by atoms with Crippen LogP contribution >= 0.6 is 0 Å². The van der Waals surface area contributed by atoms with E-state index in [-0.39, 0.29) is 6.61 Å². The number of unbranched alkanes of at least 4 members (excludes halogenated alkanes) is 35. The highest BCUT2D eigenvalue weighted by molar-refractivity contribution is 5.80. The van der Waals surface area contributed by atoms with E-state index < -0.39 is 61.5 Å². The molecule has 0 bridgehead atoms. The first kappa shape index (κ1) is 59.9. The molecule has 0 spiro atoms. The number of amides is 1.